The third-order valence-electron chi connectivity index (χ3n) is 4.84. The standard InChI is InChI=1S/C19H31N3O/c1-4-5-13-22(3)18(20-2)21-16-19(11-14-23-15-12-19)17-9-7-6-8-10-17/h6-10H,4-5,11-16H2,1-3H3,(H,20,21). The average Bonchev–Trinajstić information content (AvgIpc) is 2.62. The van der Waals surface area contributed by atoms with Crippen molar-refractivity contribution in [2.24, 2.45) is 4.99 Å². The van der Waals surface area contributed by atoms with Gasteiger partial charge in [-0.05, 0) is 24.8 Å². The van der Waals surface area contributed by atoms with Gasteiger partial charge in [-0.25, -0.2) is 0 Å². The van der Waals surface area contributed by atoms with E-state index in [9.17, 15) is 0 Å². The Bertz CT molecular complexity index is 481. The van der Waals surface area contributed by atoms with Crippen LogP contribution in [0.1, 0.15) is 38.2 Å². The summed E-state index contributed by atoms with van der Waals surface area (Å²) in [5, 5.41) is 3.61. The number of hydrogen-bond donors (Lipinski definition) is 1. The number of unbranched alkanes of at least 4 members (excludes halogenated alkanes) is 1. The molecule has 1 fully saturated rings. The van der Waals surface area contributed by atoms with Gasteiger partial charge in [0.15, 0.2) is 5.96 Å². The molecule has 128 valence electrons. The molecule has 0 bridgehead atoms. The van der Waals surface area contributed by atoms with E-state index < -0.39 is 0 Å². The Morgan fingerprint density at radius 3 is 2.57 bits per heavy atom. The molecule has 1 aromatic rings. The van der Waals surface area contributed by atoms with Crippen molar-refractivity contribution in [2.45, 2.75) is 38.0 Å². The van der Waals surface area contributed by atoms with Crippen LogP contribution in [0.25, 0.3) is 0 Å². The van der Waals surface area contributed by atoms with Crippen LogP contribution < -0.4 is 5.32 Å². The van der Waals surface area contributed by atoms with E-state index in [-0.39, 0.29) is 5.41 Å². The van der Waals surface area contributed by atoms with Crippen LogP contribution in [0.3, 0.4) is 0 Å². The molecule has 0 saturated carbocycles. The lowest BCUT2D eigenvalue weighted by atomic mass is 9.74. The van der Waals surface area contributed by atoms with Crippen molar-refractivity contribution in [3.63, 3.8) is 0 Å². The predicted octanol–water partition coefficient (Wildman–Crippen LogP) is 3.04. The van der Waals surface area contributed by atoms with Gasteiger partial charge in [0.05, 0.1) is 0 Å². The van der Waals surface area contributed by atoms with Gasteiger partial charge in [-0.2, -0.15) is 0 Å². The van der Waals surface area contributed by atoms with E-state index in [1.54, 1.807) is 0 Å². The predicted molar refractivity (Wildman–Crippen MR) is 97.1 cm³/mol. The molecule has 0 amide bonds. The van der Waals surface area contributed by atoms with Crippen LogP contribution in [0.2, 0.25) is 0 Å². The lowest BCUT2D eigenvalue weighted by Crippen LogP contribution is -2.48. The van der Waals surface area contributed by atoms with Crippen LogP contribution in [0.4, 0.5) is 0 Å². The van der Waals surface area contributed by atoms with Gasteiger partial charge in [-0.1, -0.05) is 43.7 Å². The molecule has 0 radical (unpaired) electrons. The third-order valence-corrected chi connectivity index (χ3v) is 4.84. The normalized spacial score (nSPS) is 17.8. The molecular weight excluding hydrogens is 286 g/mol. The number of rotatable bonds is 6. The van der Waals surface area contributed by atoms with Gasteiger partial charge in [0.2, 0.25) is 0 Å². The van der Waals surface area contributed by atoms with Gasteiger partial charge in [0.25, 0.3) is 0 Å². The summed E-state index contributed by atoms with van der Waals surface area (Å²) in [5.41, 5.74) is 1.54. The summed E-state index contributed by atoms with van der Waals surface area (Å²) in [7, 11) is 3.98. The van der Waals surface area contributed by atoms with E-state index in [1.807, 2.05) is 7.05 Å². The van der Waals surface area contributed by atoms with Gasteiger partial charge in [0.1, 0.15) is 0 Å². The lowest BCUT2D eigenvalue weighted by molar-refractivity contribution is 0.0512. The van der Waals surface area contributed by atoms with Crippen molar-refractivity contribution in [3.05, 3.63) is 35.9 Å². The molecule has 1 saturated heterocycles. The molecule has 1 heterocycles. The second kappa shape index (κ2) is 8.92. The van der Waals surface area contributed by atoms with Crippen molar-refractivity contribution in [2.75, 3.05) is 40.4 Å². The summed E-state index contributed by atoms with van der Waals surface area (Å²) in [6.45, 7) is 5.83. The first kappa shape index (κ1) is 17.8. The molecule has 0 aromatic heterocycles. The van der Waals surface area contributed by atoms with Crippen molar-refractivity contribution in [1.29, 1.82) is 0 Å². The Balaban J connectivity index is 2.06. The average molecular weight is 317 g/mol. The number of guanidine groups is 1. The minimum absolute atomic E-state index is 0.140. The van der Waals surface area contributed by atoms with Crippen molar-refractivity contribution in [3.8, 4) is 0 Å². The lowest BCUT2D eigenvalue weighted by Gasteiger charge is -2.39. The largest absolute Gasteiger partial charge is 0.381 e. The van der Waals surface area contributed by atoms with Gasteiger partial charge in [-0.15, -0.1) is 0 Å². The molecule has 2 rings (SSSR count). The van der Waals surface area contributed by atoms with Gasteiger partial charge in [-0.3, -0.25) is 4.99 Å². The van der Waals surface area contributed by atoms with Crippen LogP contribution >= 0.6 is 0 Å². The van der Waals surface area contributed by atoms with Gasteiger partial charge < -0.3 is 15.0 Å². The zero-order chi connectivity index (χ0) is 16.5. The van der Waals surface area contributed by atoms with Crippen LogP contribution in [-0.2, 0) is 10.2 Å². The number of nitrogens with zero attached hydrogens (tertiary/aromatic N) is 2. The first-order valence-electron chi connectivity index (χ1n) is 8.77. The van der Waals surface area contributed by atoms with Crippen LogP contribution in [-0.4, -0.2) is 51.3 Å². The number of benzene rings is 1. The topological polar surface area (TPSA) is 36.9 Å². The Kier molecular flexibility index (Phi) is 6.90. The Labute approximate surface area is 140 Å². The second-order valence-corrected chi connectivity index (χ2v) is 6.43. The minimum Gasteiger partial charge on any atom is -0.381 e. The zero-order valence-corrected chi connectivity index (χ0v) is 14.8. The van der Waals surface area contributed by atoms with E-state index in [1.165, 1.54) is 18.4 Å². The van der Waals surface area contributed by atoms with E-state index in [2.05, 4.69) is 59.5 Å². The summed E-state index contributed by atoms with van der Waals surface area (Å²) < 4.78 is 5.61. The number of nitrogens with one attached hydrogen (secondary N) is 1. The Morgan fingerprint density at radius 1 is 1.26 bits per heavy atom. The zero-order valence-electron chi connectivity index (χ0n) is 14.8. The van der Waals surface area contributed by atoms with Crippen molar-refractivity contribution in [1.82, 2.24) is 10.2 Å². The molecule has 0 aliphatic carbocycles. The van der Waals surface area contributed by atoms with E-state index in [0.29, 0.717) is 0 Å². The molecule has 4 heteroatoms. The second-order valence-electron chi connectivity index (χ2n) is 6.43. The van der Waals surface area contributed by atoms with Crippen LogP contribution in [0.15, 0.2) is 35.3 Å². The highest BCUT2D eigenvalue weighted by molar-refractivity contribution is 5.79. The van der Waals surface area contributed by atoms with Crippen molar-refractivity contribution >= 4 is 5.96 Å². The highest BCUT2D eigenvalue weighted by atomic mass is 16.5. The van der Waals surface area contributed by atoms with Crippen LogP contribution in [0, 0.1) is 0 Å². The van der Waals surface area contributed by atoms with E-state index >= 15 is 0 Å². The fourth-order valence-electron chi connectivity index (χ4n) is 3.26. The first-order chi connectivity index (χ1) is 11.2. The number of hydrogen-bond acceptors (Lipinski definition) is 2. The maximum Gasteiger partial charge on any atom is 0.193 e. The molecule has 23 heavy (non-hydrogen) atoms. The smallest absolute Gasteiger partial charge is 0.193 e. The fourth-order valence-corrected chi connectivity index (χ4v) is 3.26. The van der Waals surface area contributed by atoms with E-state index in [0.717, 1.165) is 45.1 Å². The van der Waals surface area contributed by atoms with Crippen molar-refractivity contribution < 1.29 is 4.74 Å². The fraction of sp³-hybridized carbons (Fsp3) is 0.632. The van der Waals surface area contributed by atoms with Gasteiger partial charge in [0, 0.05) is 45.8 Å². The minimum atomic E-state index is 0.140. The third kappa shape index (κ3) is 4.71. The monoisotopic (exact) mass is 317 g/mol. The first-order valence-corrected chi connectivity index (χ1v) is 8.77. The summed E-state index contributed by atoms with van der Waals surface area (Å²) in [6, 6.07) is 10.8. The summed E-state index contributed by atoms with van der Waals surface area (Å²) >= 11 is 0. The maximum absolute atomic E-state index is 5.61. The molecule has 4 nitrogen and oxygen atoms in total. The highest BCUT2D eigenvalue weighted by Gasteiger charge is 2.34. The number of aliphatic imine (C=N–C) groups is 1. The molecule has 0 spiro atoms. The van der Waals surface area contributed by atoms with Gasteiger partial charge >= 0.3 is 0 Å². The SMILES string of the molecule is CCCCN(C)C(=NC)NCC1(c2ccccc2)CCOCC1. The molecule has 1 aliphatic rings. The molecule has 1 N–H and O–H groups in total. The molecular formula is C19H31N3O. The van der Waals surface area contributed by atoms with E-state index in [4.69, 9.17) is 4.74 Å². The highest BCUT2D eigenvalue weighted by Crippen LogP contribution is 2.34. The quantitative estimate of drug-likeness (QED) is 0.647. The molecule has 1 aliphatic heterocycles. The Hall–Kier alpha value is -1.55. The maximum atomic E-state index is 5.61. The number of ether oxygens (including phenoxy) is 1. The molecule has 0 atom stereocenters. The summed E-state index contributed by atoms with van der Waals surface area (Å²) in [5.74, 6) is 0.986. The molecule has 1 aromatic carbocycles. The summed E-state index contributed by atoms with van der Waals surface area (Å²) in [6.07, 6.45) is 4.50. The van der Waals surface area contributed by atoms with Crippen LogP contribution in [0.5, 0.6) is 0 Å². The summed E-state index contributed by atoms with van der Waals surface area (Å²) in [4.78, 5) is 6.67. The Morgan fingerprint density at radius 2 is 1.96 bits per heavy atom. The molecule has 0 unspecified atom stereocenters.